The van der Waals surface area contributed by atoms with Crippen molar-refractivity contribution in [2.24, 2.45) is 5.73 Å². The van der Waals surface area contributed by atoms with Crippen LogP contribution in [0, 0.1) is 0 Å². The molecule has 1 amide bonds. The number of amides is 1. The molecule has 18 heavy (non-hydrogen) atoms. The van der Waals surface area contributed by atoms with Gasteiger partial charge in [-0.25, -0.2) is 0 Å². The fourth-order valence-electron chi connectivity index (χ4n) is 1.80. The van der Waals surface area contributed by atoms with E-state index in [1.807, 2.05) is 31.2 Å². The van der Waals surface area contributed by atoms with Gasteiger partial charge in [0.1, 0.15) is 0 Å². The molecule has 0 atom stereocenters. The Morgan fingerprint density at radius 3 is 2.39 bits per heavy atom. The van der Waals surface area contributed by atoms with E-state index in [-0.39, 0.29) is 11.9 Å². The second-order valence-corrected chi connectivity index (χ2v) is 4.55. The first-order chi connectivity index (χ1) is 8.58. The van der Waals surface area contributed by atoms with Crippen LogP contribution >= 0.6 is 0 Å². The Labute approximate surface area is 109 Å². The molecule has 4 heteroatoms. The Morgan fingerprint density at radius 1 is 1.33 bits per heavy atom. The van der Waals surface area contributed by atoms with Gasteiger partial charge >= 0.3 is 0 Å². The lowest BCUT2D eigenvalue weighted by Gasteiger charge is -2.28. The Hall–Kier alpha value is -1.55. The molecule has 0 heterocycles. The molecule has 0 aromatic heterocycles. The zero-order chi connectivity index (χ0) is 13.5. The van der Waals surface area contributed by atoms with Gasteiger partial charge in [0, 0.05) is 24.8 Å². The highest BCUT2D eigenvalue weighted by Gasteiger charge is 2.14. The fraction of sp³-hybridized carbons (Fsp3) is 0.500. The van der Waals surface area contributed by atoms with Gasteiger partial charge in [-0.3, -0.25) is 4.79 Å². The van der Waals surface area contributed by atoms with Crippen LogP contribution in [0.4, 0.5) is 5.69 Å². The van der Waals surface area contributed by atoms with Crippen LogP contribution in [-0.4, -0.2) is 25.0 Å². The largest absolute Gasteiger partial charge is 0.360 e. The number of rotatable bonds is 6. The molecule has 0 aliphatic heterocycles. The monoisotopic (exact) mass is 249 g/mol. The van der Waals surface area contributed by atoms with E-state index < -0.39 is 0 Å². The second-order valence-electron chi connectivity index (χ2n) is 4.55. The summed E-state index contributed by atoms with van der Waals surface area (Å²) in [7, 11) is 0. The van der Waals surface area contributed by atoms with Crippen LogP contribution in [0.15, 0.2) is 24.3 Å². The average Bonchev–Trinajstić information content (AvgIpc) is 2.36. The van der Waals surface area contributed by atoms with Crippen molar-refractivity contribution < 1.29 is 4.79 Å². The Morgan fingerprint density at radius 2 is 1.94 bits per heavy atom. The molecule has 0 fully saturated rings. The minimum atomic E-state index is 0.0501. The maximum atomic E-state index is 11.7. The van der Waals surface area contributed by atoms with Crippen LogP contribution in [0.25, 0.3) is 0 Å². The molecule has 0 radical (unpaired) electrons. The van der Waals surface area contributed by atoms with Crippen LogP contribution in [0.3, 0.4) is 0 Å². The average molecular weight is 249 g/mol. The van der Waals surface area contributed by atoms with Crippen LogP contribution < -0.4 is 16.0 Å². The Balaban J connectivity index is 2.80. The highest BCUT2D eigenvalue weighted by Crippen LogP contribution is 2.17. The summed E-state index contributed by atoms with van der Waals surface area (Å²) in [6, 6.07) is 8.31. The van der Waals surface area contributed by atoms with E-state index in [2.05, 4.69) is 24.1 Å². The molecular formula is C14H23N3O. The summed E-state index contributed by atoms with van der Waals surface area (Å²) in [5.41, 5.74) is 7.73. The number of carbonyl (C=O) groups excluding carboxylic acids is 1. The number of nitrogens with zero attached hydrogens (tertiary/aromatic N) is 1. The van der Waals surface area contributed by atoms with Crippen molar-refractivity contribution >= 4 is 11.6 Å². The van der Waals surface area contributed by atoms with Crippen molar-refractivity contribution in [3.05, 3.63) is 29.8 Å². The summed E-state index contributed by atoms with van der Waals surface area (Å²) in [4.78, 5) is 13.8. The molecule has 0 saturated heterocycles. The molecule has 3 N–H and O–H groups in total. The summed E-state index contributed by atoms with van der Waals surface area (Å²) < 4.78 is 0. The number of benzene rings is 1. The molecule has 0 aliphatic carbocycles. The predicted molar refractivity (Wildman–Crippen MR) is 75.5 cm³/mol. The van der Waals surface area contributed by atoms with Gasteiger partial charge in [0.05, 0.1) is 6.54 Å². The molecule has 0 spiro atoms. The first kappa shape index (κ1) is 14.5. The van der Waals surface area contributed by atoms with Crippen molar-refractivity contribution in [3.63, 3.8) is 0 Å². The molecule has 1 aromatic rings. The number of carbonyl (C=O) groups is 1. The van der Waals surface area contributed by atoms with E-state index in [9.17, 15) is 4.79 Å². The maximum Gasteiger partial charge on any atom is 0.239 e. The number of hydrogen-bond acceptors (Lipinski definition) is 3. The van der Waals surface area contributed by atoms with Crippen LogP contribution in [0.1, 0.15) is 26.3 Å². The van der Waals surface area contributed by atoms with Crippen LogP contribution in [0.2, 0.25) is 0 Å². The van der Waals surface area contributed by atoms with E-state index >= 15 is 0 Å². The molecule has 0 unspecified atom stereocenters. The molecule has 4 nitrogen and oxygen atoms in total. The van der Waals surface area contributed by atoms with Gasteiger partial charge < -0.3 is 16.0 Å². The molecular weight excluding hydrogens is 226 g/mol. The lowest BCUT2D eigenvalue weighted by molar-refractivity contribution is -0.119. The minimum absolute atomic E-state index is 0.0501. The molecule has 0 bridgehead atoms. The van der Waals surface area contributed by atoms with E-state index in [1.165, 1.54) is 0 Å². The van der Waals surface area contributed by atoms with Crippen molar-refractivity contribution in [2.75, 3.05) is 18.0 Å². The van der Waals surface area contributed by atoms with Gasteiger partial charge in [-0.1, -0.05) is 12.1 Å². The summed E-state index contributed by atoms with van der Waals surface area (Å²) in [6.45, 7) is 7.67. The first-order valence-corrected chi connectivity index (χ1v) is 6.40. The standard InChI is InChI=1S/C14H23N3O/c1-4-16-14(18)10-17(11(2)3)13-7-5-12(9-15)6-8-13/h5-8,11H,4,9-10,15H2,1-3H3,(H,16,18). The summed E-state index contributed by atoms with van der Waals surface area (Å²) in [5.74, 6) is 0.0501. The normalized spacial score (nSPS) is 10.5. The van der Waals surface area contributed by atoms with Gasteiger partial charge in [0.2, 0.25) is 5.91 Å². The van der Waals surface area contributed by atoms with Crippen molar-refractivity contribution in [2.45, 2.75) is 33.4 Å². The third kappa shape index (κ3) is 4.04. The highest BCUT2D eigenvalue weighted by atomic mass is 16.2. The predicted octanol–water partition coefficient (Wildman–Crippen LogP) is 1.50. The quantitative estimate of drug-likeness (QED) is 0.803. The van der Waals surface area contributed by atoms with Gasteiger partial charge in [-0.2, -0.15) is 0 Å². The zero-order valence-corrected chi connectivity index (χ0v) is 11.4. The maximum absolute atomic E-state index is 11.7. The van der Waals surface area contributed by atoms with Crippen molar-refractivity contribution in [3.8, 4) is 0 Å². The molecule has 1 rings (SSSR count). The lowest BCUT2D eigenvalue weighted by Crippen LogP contribution is -2.40. The van der Waals surface area contributed by atoms with E-state index in [0.29, 0.717) is 19.6 Å². The summed E-state index contributed by atoms with van der Waals surface area (Å²) >= 11 is 0. The van der Waals surface area contributed by atoms with Gasteiger partial charge in [0.15, 0.2) is 0 Å². The number of anilines is 1. The first-order valence-electron chi connectivity index (χ1n) is 6.40. The van der Waals surface area contributed by atoms with Gasteiger partial charge in [-0.05, 0) is 38.5 Å². The highest BCUT2D eigenvalue weighted by molar-refractivity contribution is 5.81. The SMILES string of the molecule is CCNC(=O)CN(c1ccc(CN)cc1)C(C)C. The fourth-order valence-corrected chi connectivity index (χ4v) is 1.80. The molecule has 1 aromatic carbocycles. The van der Waals surface area contributed by atoms with Crippen LogP contribution in [0.5, 0.6) is 0 Å². The molecule has 0 saturated carbocycles. The third-order valence-corrected chi connectivity index (χ3v) is 2.81. The van der Waals surface area contributed by atoms with E-state index in [1.54, 1.807) is 0 Å². The van der Waals surface area contributed by atoms with Gasteiger partial charge in [0.25, 0.3) is 0 Å². The Bertz CT molecular complexity index is 373. The topological polar surface area (TPSA) is 58.4 Å². The number of nitrogens with one attached hydrogen (secondary N) is 1. The van der Waals surface area contributed by atoms with Gasteiger partial charge in [-0.15, -0.1) is 0 Å². The van der Waals surface area contributed by atoms with E-state index in [0.717, 1.165) is 11.3 Å². The van der Waals surface area contributed by atoms with Crippen molar-refractivity contribution in [1.29, 1.82) is 0 Å². The summed E-state index contributed by atoms with van der Waals surface area (Å²) in [5, 5.41) is 2.82. The smallest absolute Gasteiger partial charge is 0.239 e. The molecule has 0 aliphatic rings. The third-order valence-electron chi connectivity index (χ3n) is 2.81. The zero-order valence-electron chi connectivity index (χ0n) is 11.4. The Kier molecular flexibility index (Phi) is 5.65. The molecule has 100 valence electrons. The van der Waals surface area contributed by atoms with E-state index in [4.69, 9.17) is 5.73 Å². The summed E-state index contributed by atoms with van der Waals surface area (Å²) in [6.07, 6.45) is 0. The minimum Gasteiger partial charge on any atom is -0.360 e. The number of likely N-dealkylation sites (N-methyl/N-ethyl adjacent to an activating group) is 1. The van der Waals surface area contributed by atoms with Crippen LogP contribution in [-0.2, 0) is 11.3 Å². The number of nitrogens with two attached hydrogens (primary N) is 1. The number of hydrogen-bond donors (Lipinski definition) is 2. The van der Waals surface area contributed by atoms with Crippen molar-refractivity contribution in [1.82, 2.24) is 5.32 Å². The lowest BCUT2D eigenvalue weighted by atomic mass is 10.1. The second kappa shape index (κ2) is 7.01.